The lowest BCUT2D eigenvalue weighted by Crippen LogP contribution is -2.04. The van der Waals surface area contributed by atoms with E-state index < -0.39 is 10.5 Å². The van der Waals surface area contributed by atoms with Gasteiger partial charge in [0, 0.05) is 10.8 Å². The first-order valence-corrected chi connectivity index (χ1v) is 7.68. The first-order valence-electron chi connectivity index (χ1n) is 6.34. The number of halogens is 1. The van der Waals surface area contributed by atoms with Crippen LogP contribution in [0.3, 0.4) is 0 Å². The van der Waals surface area contributed by atoms with E-state index in [0.717, 1.165) is 21.8 Å². The summed E-state index contributed by atoms with van der Waals surface area (Å²) < 4.78 is 39.0. The van der Waals surface area contributed by atoms with Gasteiger partial charge in [0.1, 0.15) is 0 Å². The Kier molecular flexibility index (Phi) is 4.87. The van der Waals surface area contributed by atoms with Crippen molar-refractivity contribution in [1.82, 2.24) is 4.98 Å². The Bertz CT molecular complexity index is 910. The number of hydrogen-bond donors (Lipinski definition) is 1. The van der Waals surface area contributed by atoms with Crippen molar-refractivity contribution in [2.75, 3.05) is 7.11 Å². The van der Waals surface area contributed by atoms with Gasteiger partial charge in [-0.05, 0) is 12.1 Å². The summed E-state index contributed by atoms with van der Waals surface area (Å²) in [5.41, 5.74) is 2.19. The molecule has 0 saturated carbocycles. The summed E-state index contributed by atoms with van der Waals surface area (Å²) >= 11 is 0. The minimum Gasteiger partial charge on any atom is -0.465 e. The molecule has 0 unspecified atom stereocenters. The molecule has 0 aliphatic rings. The molecule has 6 nitrogen and oxygen atoms in total. The molecule has 0 aliphatic carbocycles. The molecule has 120 valence electrons. The zero-order valence-corrected chi connectivity index (χ0v) is 12.7. The third-order valence-electron chi connectivity index (χ3n) is 2.98. The van der Waals surface area contributed by atoms with E-state index in [2.05, 4.69) is 4.98 Å². The molecule has 1 aromatic heterocycles. The average molecular weight is 337 g/mol. The van der Waals surface area contributed by atoms with E-state index in [1.54, 1.807) is 0 Å². The highest BCUT2D eigenvalue weighted by Crippen LogP contribution is 2.26. The number of ether oxygens (including phenoxy) is 1. The van der Waals surface area contributed by atoms with E-state index in [1.165, 1.54) is 7.11 Å². The van der Waals surface area contributed by atoms with Crippen LogP contribution in [0.15, 0.2) is 48.5 Å². The lowest BCUT2D eigenvalue weighted by Gasteiger charge is -2.08. The standard InChI is InChI=1S/C15H11NO2.FHO3S/c1-18-15(17)14-10-6-2-4-8-12(10)16-13-9-5-3-7-11(13)14;1-5(2,3)4/h2-9H,1H3;(H,2,3,4). The molecular weight excluding hydrogens is 325 g/mol. The Morgan fingerprint density at radius 2 is 1.43 bits per heavy atom. The van der Waals surface area contributed by atoms with Crippen LogP contribution in [-0.4, -0.2) is 31.0 Å². The smallest absolute Gasteiger partial charge is 0.435 e. The number of aromatic nitrogens is 1. The molecule has 3 rings (SSSR count). The predicted molar refractivity (Wildman–Crippen MR) is 83.2 cm³/mol. The Balaban J connectivity index is 0.000000338. The lowest BCUT2D eigenvalue weighted by atomic mass is 10.0. The fourth-order valence-electron chi connectivity index (χ4n) is 2.16. The van der Waals surface area contributed by atoms with Crippen molar-refractivity contribution in [3.63, 3.8) is 0 Å². The maximum atomic E-state index is 12.0. The molecule has 0 saturated heterocycles. The molecular formula is C15H12FNO5S. The van der Waals surface area contributed by atoms with Crippen LogP contribution in [0, 0.1) is 0 Å². The van der Waals surface area contributed by atoms with Crippen molar-refractivity contribution in [2.24, 2.45) is 0 Å². The number of hydrogen-bond acceptors (Lipinski definition) is 5. The lowest BCUT2D eigenvalue weighted by molar-refractivity contribution is 0.0605. The van der Waals surface area contributed by atoms with E-state index in [4.69, 9.17) is 17.7 Å². The second-order valence-electron chi connectivity index (χ2n) is 4.42. The summed E-state index contributed by atoms with van der Waals surface area (Å²) in [4.78, 5) is 16.5. The summed E-state index contributed by atoms with van der Waals surface area (Å²) in [5, 5.41) is 1.64. The fraction of sp³-hybridized carbons (Fsp3) is 0.0667. The number of carbonyl (C=O) groups is 1. The van der Waals surface area contributed by atoms with Gasteiger partial charge in [-0.25, -0.2) is 9.78 Å². The van der Waals surface area contributed by atoms with Crippen LogP contribution in [0.25, 0.3) is 21.8 Å². The summed E-state index contributed by atoms with van der Waals surface area (Å²) in [6.45, 7) is 0. The van der Waals surface area contributed by atoms with Gasteiger partial charge in [0.05, 0.1) is 23.7 Å². The summed E-state index contributed by atoms with van der Waals surface area (Å²) in [6.07, 6.45) is 0. The number of carbonyl (C=O) groups excluding carboxylic acids is 1. The minimum atomic E-state index is -5.17. The van der Waals surface area contributed by atoms with Crippen molar-refractivity contribution in [3.05, 3.63) is 54.1 Å². The zero-order chi connectivity index (χ0) is 17.0. The van der Waals surface area contributed by atoms with E-state index in [-0.39, 0.29) is 5.97 Å². The van der Waals surface area contributed by atoms with Gasteiger partial charge in [0.2, 0.25) is 0 Å². The van der Waals surface area contributed by atoms with Crippen molar-refractivity contribution in [2.45, 2.75) is 0 Å². The number of methoxy groups -OCH3 is 1. The topological polar surface area (TPSA) is 93.6 Å². The molecule has 8 heteroatoms. The van der Waals surface area contributed by atoms with Gasteiger partial charge in [-0.3, -0.25) is 4.55 Å². The maximum absolute atomic E-state index is 12.0. The molecule has 0 aliphatic heterocycles. The number of benzene rings is 2. The van der Waals surface area contributed by atoms with Gasteiger partial charge in [0.25, 0.3) is 0 Å². The first-order chi connectivity index (χ1) is 10.8. The zero-order valence-electron chi connectivity index (χ0n) is 11.9. The van der Waals surface area contributed by atoms with Gasteiger partial charge in [0.15, 0.2) is 0 Å². The van der Waals surface area contributed by atoms with Crippen LogP contribution in [0.2, 0.25) is 0 Å². The molecule has 2 aromatic carbocycles. The van der Waals surface area contributed by atoms with Gasteiger partial charge >= 0.3 is 16.5 Å². The monoisotopic (exact) mass is 337 g/mol. The normalized spacial score (nSPS) is 10.9. The summed E-state index contributed by atoms with van der Waals surface area (Å²) in [7, 11) is -3.77. The molecule has 0 fully saturated rings. The molecule has 0 spiro atoms. The highest BCUT2D eigenvalue weighted by atomic mass is 32.3. The number of rotatable bonds is 1. The number of nitrogens with zero attached hydrogens (tertiary/aromatic N) is 1. The highest BCUT2D eigenvalue weighted by molar-refractivity contribution is 7.80. The Labute approximate surface area is 131 Å². The largest absolute Gasteiger partial charge is 0.465 e. The van der Waals surface area contributed by atoms with Crippen LogP contribution in [0.1, 0.15) is 10.4 Å². The van der Waals surface area contributed by atoms with E-state index in [9.17, 15) is 8.68 Å². The molecule has 0 atom stereocenters. The quantitative estimate of drug-likeness (QED) is 0.318. The number of para-hydroxylation sites is 2. The van der Waals surface area contributed by atoms with Gasteiger partial charge in [-0.2, -0.15) is 8.42 Å². The number of esters is 1. The van der Waals surface area contributed by atoms with Crippen LogP contribution in [0.4, 0.5) is 3.89 Å². The molecule has 0 radical (unpaired) electrons. The number of fused-ring (bicyclic) bond motifs is 2. The Morgan fingerprint density at radius 3 is 1.83 bits per heavy atom. The average Bonchev–Trinajstić information content (AvgIpc) is 2.50. The second-order valence-corrected chi connectivity index (χ2v) is 5.25. The highest BCUT2D eigenvalue weighted by Gasteiger charge is 2.15. The summed E-state index contributed by atoms with van der Waals surface area (Å²) in [6, 6.07) is 15.2. The van der Waals surface area contributed by atoms with Crippen LogP contribution < -0.4 is 0 Å². The van der Waals surface area contributed by atoms with Gasteiger partial charge in [-0.1, -0.05) is 40.3 Å². The van der Waals surface area contributed by atoms with Gasteiger partial charge in [-0.15, -0.1) is 0 Å². The van der Waals surface area contributed by atoms with Gasteiger partial charge < -0.3 is 4.74 Å². The molecule has 3 aromatic rings. The minimum absolute atomic E-state index is 0.329. The molecule has 0 amide bonds. The van der Waals surface area contributed by atoms with Crippen molar-refractivity contribution in [1.29, 1.82) is 0 Å². The SMILES string of the molecule is COC(=O)c1c2ccccc2nc2ccccc12.O=S(=O)(O)F. The Hall–Kier alpha value is -2.58. The fourth-order valence-corrected chi connectivity index (χ4v) is 2.16. The maximum Gasteiger partial charge on any atom is 0.435 e. The van der Waals surface area contributed by atoms with E-state index in [1.807, 2.05) is 48.5 Å². The van der Waals surface area contributed by atoms with Crippen molar-refractivity contribution in [3.8, 4) is 0 Å². The van der Waals surface area contributed by atoms with Crippen LogP contribution in [-0.2, 0) is 15.2 Å². The van der Waals surface area contributed by atoms with Crippen LogP contribution in [0.5, 0.6) is 0 Å². The Morgan fingerprint density at radius 1 is 1.04 bits per heavy atom. The van der Waals surface area contributed by atoms with Crippen molar-refractivity contribution < 1.29 is 26.4 Å². The molecule has 1 heterocycles. The molecule has 0 bridgehead atoms. The third kappa shape index (κ3) is 4.21. The first kappa shape index (κ1) is 16.8. The van der Waals surface area contributed by atoms with Crippen molar-refractivity contribution >= 4 is 38.3 Å². The summed E-state index contributed by atoms with van der Waals surface area (Å²) in [5.74, 6) is -0.329. The van der Waals surface area contributed by atoms with Crippen LogP contribution >= 0.6 is 0 Å². The van der Waals surface area contributed by atoms with E-state index >= 15 is 0 Å². The van der Waals surface area contributed by atoms with E-state index in [0.29, 0.717) is 5.56 Å². The third-order valence-corrected chi connectivity index (χ3v) is 2.98. The second kappa shape index (κ2) is 6.67. The molecule has 1 N–H and O–H groups in total. The number of pyridine rings is 1. The molecule has 23 heavy (non-hydrogen) atoms. The predicted octanol–water partition coefficient (Wildman–Crippen LogP) is 2.93.